The monoisotopic (exact) mass is 182 g/mol. The molecule has 0 unspecified atom stereocenters. The summed E-state index contributed by atoms with van der Waals surface area (Å²) in [5, 5.41) is 10.3. The van der Waals surface area contributed by atoms with Crippen LogP contribution in [0.3, 0.4) is 0 Å². The van der Waals surface area contributed by atoms with Crippen LogP contribution < -0.4 is 0 Å². The summed E-state index contributed by atoms with van der Waals surface area (Å²) < 4.78 is 10.3. The zero-order valence-corrected chi connectivity index (χ0v) is 7.75. The van der Waals surface area contributed by atoms with E-state index in [-0.39, 0.29) is 0 Å². The first-order chi connectivity index (χ1) is 6.22. The van der Waals surface area contributed by atoms with Crippen LogP contribution in [0.5, 0.6) is 0 Å². The molecular formula is C10H14O3. The van der Waals surface area contributed by atoms with Crippen molar-refractivity contribution in [2.24, 2.45) is 0 Å². The van der Waals surface area contributed by atoms with Gasteiger partial charge in [-0.2, -0.15) is 0 Å². The van der Waals surface area contributed by atoms with Gasteiger partial charge in [-0.05, 0) is 12.5 Å². The summed E-state index contributed by atoms with van der Waals surface area (Å²) in [6.45, 7) is 3.20. The van der Waals surface area contributed by atoms with E-state index in [4.69, 9.17) is 9.15 Å². The summed E-state index contributed by atoms with van der Waals surface area (Å²) in [4.78, 5) is 0. The summed E-state index contributed by atoms with van der Waals surface area (Å²) in [5.74, 6) is 0. The lowest BCUT2D eigenvalue weighted by Crippen LogP contribution is -2.33. The number of hydrogen-bond donors (Lipinski definition) is 1. The standard InChI is InChI=1S/C10H14O3/c1-8-6-13-7-9(8)10(11)2-4-12-5-3-10/h6-7,11H,2-5H2,1H3. The van der Waals surface area contributed by atoms with Gasteiger partial charge in [-0.25, -0.2) is 0 Å². The van der Waals surface area contributed by atoms with E-state index in [0.29, 0.717) is 26.1 Å². The van der Waals surface area contributed by atoms with Crippen LogP contribution in [0, 0.1) is 6.92 Å². The normalized spacial score (nSPS) is 21.7. The first-order valence-corrected chi connectivity index (χ1v) is 4.56. The Morgan fingerprint density at radius 3 is 2.54 bits per heavy atom. The molecule has 3 heteroatoms. The average Bonchev–Trinajstić information content (AvgIpc) is 2.53. The van der Waals surface area contributed by atoms with E-state index in [1.807, 2.05) is 6.92 Å². The van der Waals surface area contributed by atoms with Gasteiger partial charge in [0.2, 0.25) is 0 Å². The van der Waals surface area contributed by atoms with E-state index in [1.165, 1.54) is 0 Å². The maximum Gasteiger partial charge on any atom is 0.0973 e. The minimum Gasteiger partial charge on any atom is -0.472 e. The molecule has 3 nitrogen and oxygen atoms in total. The van der Waals surface area contributed by atoms with Crippen LogP contribution in [-0.2, 0) is 10.3 Å². The summed E-state index contributed by atoms with van der Waals surface area (Å²) >= 11 is 0. The molecule has 0 aromatic carbocycles. The van der Waals surface area contributed by atoms with Crippen LogP contribution in [0.25, 0.3) is 0 Å². The minimum atomic E-state index is -0.727. The lowest BCUT2D eigenvalue weighted by molar-refractivity contribution is -0.0684. The predicted molar refractivity (Wildman–Crippen MR) is 47.4 cm³/mol. The Morgan fingerprint density at radius 1 is 1.31 bits per heavy atom. The molecule has 0 saturated carbocycles. The second kappa shape index (κ2) is 3.16. The molecule has 1 aliphatic heterocycles. The number of furan rings is 1. The van der Waals surface area contributed by atoms with Crippen LogP contribution in [0.4, 0.5) is 0 Å². The van der Waals surface area contributed by atoms with E-state index in [2.05, 4.69) is 0 Å². The van der Waals surface area contributed by atoms with Crippen molar-refractivity contribution in [2.45, 2.75) is 25.4 Å². The van der Waals surface area contributed by atoms with Crippen molar-refractivity contribution in [2.75, 3.05) is 13.2 Å². The first-order valence-electron chi connectivity index (χ1n) is 4.56. The maximum atomic E-state index is 10.3. The van der Waals surface area contributed by atoms with Crippen LogP contribution in [0.2, 0.25) is 0 Å². The van der Waals surface area contributed by atoms with Crippen molar-refractivity contribution in [1.82, 2.24) is 0 Å². The fourth-order valence-corrected chi connectivity index (χ4v) is 1.82. The molecule has 72 valence electrons. The number of rotatable bonds is 1. The second-order valence-electron chi connectivity index (χ2n) is 3.61. The quantitative estimate of drug-likeness (QED) is 0.717. The molecule has 0 radical (unpaired) electrons. The van der Waals surface area contributed by atoms with Gasteiger partial charge >= 0.3 is 0 Å². The zero-order chi connectivity index (χ0) is 9.31. The Hall–Kier alpha value is -0.800. The third-order valence-electron chi connectivity index (χ3n) is 2.68. The third kappa shape index (κ3) is 1.49. The van der Waals surface area contributed by atoms with Gasteiger partial charge in [0.15, 0.2) is 0 Å². The Labute approximate surface area is 77.3 Å². The van der Waals surface area contributed by atoms with Crippen LogP contribution in [0.1, 0.15) is 24.0 Å². The summed E-state index contributed by atoms with van der Waals surface area (Å²) in [5.41, 5.74) is 1.20. The van der Waals surface area contributed by atoms with Crippen LogP contribution in [0.15, 0.2) is 16.9 Å². The predicted octanol–water partition coefficient (Wildman–Crippen LogP) is 1.59. The van der Waals surface area contributed by atoms with Gasteiger partial charge in [-0.1, -0.05) is 0 Å². The SMILES string of the molecule is Cc1cocc1C1(O)CCOCC1. The molecule has 0 bridgehead atoms. The molecule has 1 aromatic rings. The highest BCUT2D eigenvalue weighted by atomic mass is 16.5. The smallest absolute Gasteiger partial charge is 0.0973 e. The van der Waals surface area contributed by atoms with Crippen molar-refractivity contribution in [3.8, 4) is 0 Å². The van der Waals surface area contributed by atoms with Crippen molar-refractivity contribution >= 4 is 0 Å². The van der Waals surface area contributed by atoms with Crippen molar-refractivity contribution in [3.05, 3.63) is 23.7 Å². The van der Waals surface area contributed by atoms with E-state index < -0.39 is 5.60 Å². The highest BCUT2D eigenvalue weighted by Crippen LogP contribution is 2.34. The van der Waals surface area contributed by atoms with Gasteiger partial charge in [0.05, 0.1) is 18.1 Å². The van der Waals surface area contributed by atoms with Crippen LogP contribution >= 0.6 is 0 Å². The Morgan fingerprint density at radius 2 is 2.00 bits per heavy atom. The number of aliphatic hydroxyl groups is 1. The summed E-state index contributed by atoms with van der Waals surface area (Å²) in [7, 11) is 0. The highest BCUT2D eigenvalue weighted by Gasteiger charge is 2.33. The summed E-state index contributed by atoms with van der Waals surface area (Å²) in [6, 6.07) is 0. The van der Waals surface area contributed by atoms with Gasteiger partial charge in [0.25, 0.3) is 0 Å². The van der Waals surface area contributed by atoms with Crippen molar-refractivity contribution < 1.29 is 14.3 Å². The second-order valence-corrected chi connectivity index (χ2v) is 3.61. The van der Waals surface area contributed by atoms with E-state index >= 15 is 0 Å². The van der Waals surface area contributed by atoms with Crippen LogP contribution in [-0.4, -0.2) is 18.3 Å². The molecule has 0 amide bonds. The molecule has 1 aromatic heterocycles. The topological polar surface area (TPSA) is 42.6 Å². The minimum absolute atomic E-state index is 0.626. The Bertz CT molecular complexity index is 284. The molecule has 0 atom stereocenters. The van der Waals surface area contributed by atoms with Gasteiger partial charge in [0.1, 0.15) is 0 Å². The molecule has 1 N–H and O–H groups in total. The molecule has 0 aliphatic carbocycles. The lowest BCUT2D eigenvalue weighted by Gasteiger charge is -2.31. The fraction of sp³-hybridized carbons (Fsp3) is 0.600. The van der Waals surface area contributed by atoms with Gasteiger partial charge in [0, 0.05) is 31.6 Å². The first kappa shape index (κ1) is 8.78. The largest absolute Gasteiger partial charge is 0.472 e. The highest BCUT2D eigenvalue weighted by molar-refractivity contribution is 5.26. The molecule has 1 saturated heterocycles. The molecule has 13 heavy (non-hydrogen) atoms. The lowest BCUT2D eigenvalue weighted by atomic mass is 9.86. The van der Waals surface area contributed by atoms with E-state index in [9.17, 15) is 5.11 Å². The molecule has 2 rings (SSSR count). The van der Waals surface area contributed by atoms with Gasteiger partial charge in [-0.3, -0.25) is 0 Å². The molecule has 0 spiro atoms. The Balaban J connectivity index is 2.27. The maximum absolute atomic E-state index is 10.3. The number of ether oxygens (including phenoxy) is 1. The molecule has 1 aliphatic rings. The fourth-order valence-electron chi connectivity index (χ4n) is 1.82. The molecule has 2 heterocycles. The summed E-state index contributed by atoms with van der Waals surface area (Å²) in [6.07, 6.45) is 4.63. The number of hydrogen-bond acceptors (Lipinski definition) is 3. The average molecular weight is 182 g/mol. The van der Waals surface area contributed by atoms with Gasteiger partial charge in [-0.15, -0.1) is 0 Å². The number of aryl methyl sites for hydroxylation is 1. The zero-order valence-electron chi connectivity index (χ0n) is 7.75. The van der Waals surface area contributed by atoms with E-state index in [1.54, 1.807) is 12.5 Å². The third-order valence-corrected chi connectivity index (χ3v) is 2.68. The Kier molecular flexibility index (Phi) is 2.14. The molecular weight excluding hydrogens is 168 g/mol. The molecule has 1 fully saturated rings. The van der Waals surface area contributed by atoms with Gasteiger partial charge < -0.3 is 14.3 Å². The van der Waals surface area contributed by atoms with Crippen molar-refractivity contribution in [3.63, 3.8) is 0 Å². The van der Waals surface area contributed by atoms with E-state index in [0.717, 1.165) is 11.1 Å². The van der Waals surface area contributed by atoms with Crippen molar-refractivity contribution in [1.29, 1.82) is 0 Å².